The van der Waals surface area contributed by atoms with Crippen LogP contribution in [0.25, 0.3) is 0 Å². The van der Waals surface area contributed by atoms with E-state index >= 15 is 0 Å². The van der Waals surface area contributed by atoms with Gasteiger partial charge in [0.15, 0.2) is 0 Å². The van der Waals surface area contributed by atoms with Crippen LogP contribution in [-0.2, 0) is 11.3 Å². The summed E-state index contributed by atoms with van der Waals surface area (Å²) in [6.07, 6.45) is 0.175. The molecule has 1 aliphatic heterocycles. The molecule has 0 aromatic heterocycles. The number of anilines is 1. The van der Waals surface area contributed by atoms with Gasteiger partial charge in [-0.05, 0) is 48.4 Å². The molecule has 152 valence electrons. The zero-order valence-corrected chi connectivity index (χ0v) is 17.1. The number of nitrogens with one attached hydrogen (secondary N) is 1. The lowest BCUT2D eigenvalue weighted by atomic mass is 10.00. The molecule has 2 amide bonds. The van der Waals surface area contributed by atoms with Crippen molar-refractivity contribution in [2.24, 2.45) is 0 Å². The first kappa shape index (κ1) is 19.7. The maximum Gasteiger partial charge on any atom is 0.255 e. The number of fused-ring (bicyclic) bond motifs is 1. The summed E-state index contributed by atoms with van der Waals surface area (Å²) in [6, 6.07) is 22.5. The van der Waals surface area contributed by atoms with Gasteiger partial charge in [0.2, 0.25) is 5.91 Å². The van der Waals surface area contributed by atoms with Crippen molar-refractivity contribution in [2.75, 3.05) is 12.4 Å². The molecule has 0 bridgehead atoms. The van der Waals surface area contributed by atoms with Crippen molar-refractivity contribution in [1.29, 1.82) is 0 Å². The third-order valence-electron chi connectivity index (χ3n) is 5.44. The molecular weight excluding hydrogens is 376 g/mol. The molecule has 1 atom stereocenters. The summed E-state index contributed by atoms with van der Waals surface area (Å²) >= 11 is 0. The Bertz CT molecular complexity index is 1060. The van der Waals surface area contributed by atoms with Gasteiger partial charge >= 0.3 is 0 Å². The van der Waals surface area contributed by atoms with Gasteiger partial charge in [-0.15, -0.1) is 0 Å². The van der Waals surface area contributed by atoms with Crippen molar-refractivity contribution in [3.8, 4) is 5.75 Å². The molecule has 1 aliphatic rings. The predicted molar refractivity (Wildman–Crippen MR) is 116 cm³/mol. The second-order valence-corrected chi connectivity index (χ2v) is 7.50. The summed E-state index contributed by atoms with van der Waals surface area (Å²) in [5.41, 5.74) is 4.49. The Morgan fingerprint density at radius 3 is 2.40 bits per heavy atom. The monoisotopic (exact) mass is 400 g/mol. The Kier molecular flexibility index (Phi) is 5.53. The van der Waals surface area contributed by atoms with Crippen LogP contribution < -0.4 is 10.1 Å². The molecule has 0 saturated heterocycles. The fourth-order valence-electron chi connectivity index (χ4n) is 3.79. The maximum absolute atomic E-state index is 13.1. The van der Waals surface area contributed by atoms with E-state index in [-0.39, 0.29) is 24.3 Å². The third kappa shape index (κ3) is 4.06. The topological polar surface area (TPSA) is 58.6 Å². The fourth-order valence-corrected chi connectivity index (χ4v) is 3.79. The van der Waals surface area contributed by atoms with E-state index in [1.165, 1.54) is 0 Å². The number of methoxy groups -OCH3 is 1. The maximum atomic E-state index is 13.1. The molecule has 0 unspecified atom stereocenters. The first-order valence-corrected chi connectivity index (χ1v) is 9.94. The smallest absolute Gasteiger partial charge is 0.255 e. The average Bonchev–Trinajstić information content (AvgIpc) is 3.10. The second kappa shape index (κ2) is 8.41. The Balaban J connectivity index is 1.57. The summed E-state index contributed by atoms with van der Waals surface area (Å²) in [6.45, 7) is 2.52. The zero-order chi connectivity index (χ0) is 21.1. The van der Waals surface area contributed by atoms with Gasteiger partial charge in [0.25, 0.3) is 5.91 Å². The summed E-state index contributed by atoms with van der Waals surface area (Å²) in [5.74, 6) is 0.550. The van der Waals surface area contributed by atoms with Crippen LogP contribution in [-0.4, -0.2) is 23.8 Å². The van der Waals surface area contributed by atoms with Crippen LogP contribution in [0.2, 0.25) is 0 Å². The third-order valence-corrected chi connectivity index (χ3v) is 5.44. The van der Waals surface area contributed by atoms with Crippen LogP contribution in [0.15, 0.2) is 72.8 Å². The number of aryl methyl sites for hydroxylation is 1. The minimum absolute atomic E-state index is 0.0339. The van der Waals surface area contributed by atoms with Crippen molar-refractivity contribution in [3.63, 3.8) is 0 Å². The summed E-state index contributed by atoms with van der Waals surface area (Å²) in [5, 5.41) is 2.93. The van der Waals surface area contributed by atoms with Crippen LogP contribution in [0.4, 0.5) is 5.69 Å². The molecule has 5 nitrogen and oxygen atoms in total. The number of amides is 2. The van der Waals surface area contributed by atoms with Crippen LogP contribution in [0.1, 0.15) is 39.5 Å². The largest absolute Gasteiger partial charge is 0.497 e. The zero-order valence-electron chi connectivity index (χ0n) is 17.1. The van der Waals surface area contributed by atoms with Crippen molar-refractivity contribution >= 4 is 17.5 Å². The van der Waals surface area contributed by atoms with Gasteiger partial charge in [-0.25, -0.2) is 0 Å². The van der Waals surface area contributed by atoms with Gasteiger partial charge in [-0.1, -0.05) is 48.0 Å². The first-order valence-electron chi connectivity index (χ1n) is 9.94. The average molecular weight is 400 g/mol. The number of carbonyl (C=O) groups is 2. The molecule has 0 fully saturated rings. The highest BCUT2D eigenvalue weighted by molar-refractivity contribution is 5.99. The fraction of sp³-hybridized carbons (Fsp3) is 0.200. The van der Waals surface area contributed by atoms with E-state index in [1.807, 2.05) is 55.5 Å². The van der Waals surface area contributed by atoms with Gasteiger partial charge in [0.1, 0.15) is 5.75 Å². The molecule has 0 aliphatic carbocycles. The first-order chi connectivity index (χ1) is 14.5. The number of carbonyl (C=O) groups excluding carboxylic acids is 2. The van der Waals surface area contributed by atoms with E-state index in [2.05, 4.69) is 5.32 Å². The van der Waals surface area contributed by atoms with Crippen molar-refractivity contribution in [1.82, 2.24) is 4.90 Å². The van der Waals surface area contributed by atoms with Crippen molar-refractivity contribution in [2.45, 2.75) is 25.9 Å². The normalized spacial score (nSPS) is 13.7. The molecule has 0 radical (unpaired) electrons. The number of hydrogen-bond acceptors (Lipinski definition) is 3. The Hall–Kier alpha value is -3.60. The predicted octanol–water partition coefficient (Wildman–Crippen LogP) is 4.73. The van der Waals surface area contributed by atoms with E-state index in [1.54, 1.807) is 36.3 Å². The molecule has 0 saturated carbocycles. The minimum atomic E-state index is -0.344. The van der Waals surface area contributed by atoms with E-state index in [4.69, 9.17) is 4.74 Å². The highest BCUT2D eigenvalue weighted by atomic mass is 16.5. The van der Waals surface area contributed by atoms with Gasteiger partial charge in [0, 0.05) is 17.8 Å². The summed E-state index contributed by atoms with van der Waals surface area (Å²) < 4.78 is 5.16. The Labute approximate surface area is 176 Å². The van der Waals surface area contributed by atoms with Crippen LogP contribution >= 0.6 is 0 Å². The number of ether oxygens (including phenoxy) is 1. The molecule has 0 spiro atoms. The lowest BCUT2D eigenvalue weighted by Crippen LogP contribution is -2.32. The van der Waals surface area contributed by atoms with E-state index in [9.17, 15) is 9.59 Å². The highest BCUT2D eigenvalue weighted by Gasteiger charge is 2.34. The van der Waals surface area contributed by atoms with Crippen LogP contribution in [0, 0.1) is 6.92 Å². The lowest BCUT2D eigenvalue weighted by Gasteiger charge is -2.28. The molecule has 30 heavy (non-hydrogen) atoms. The highest BCUT2D eigenvalue weighted by Crippen LogP contribution is 2.34. The number of hydrogen-bond donors (Lipinski definition) is 1. The number of rotatable bonds is 6. The molecule has 3 aromatic rings. The van der Waals surface area contributed by atoms with Crippen LogP contribution in [0.5, 0.6) is 5.75 Å². The lowest BCUT2D eigenvalue weighted by molar-refractivity contribution is -0.117. The van der Waals surface area contributed by atoms with Gasteiger partial charge < -0.3 is 15.0 Å². The number of benzene rings is 3. The van der Waals surface area contributed by atoms with E-state index < -0.39 is 0 Å². The molecule has 5 heteroatoms. The van der Waals surface area contributed by atoms with Gasteiger partial charge in [-0.2, -0.15) is 0 Å². The second-order valence-electron chi connectivity index (χ2n) is 7.50. The van der Waals surface area contributed by atoms with E-state index in [0.717, 1.165) is 22.4 Å². The SMILES string of the molecule is COc1ccc(NC(=O)C[C@H](c2ccc(C)cc2)N2Cc3ccccc3C2=O)cc1. The van der Waals surface area contributed by atoms with Gasteiger partial charge in [-0.3, -0.25) is 9.59 Å². The summed E-state index contributed by atoms with van der Waals surface area (Å²) in [4.78, 5) is 27.7. The number of nitrogens with zero attached hydrogens (tertiary/aromatic N) is 1. The molecular formula is C25H24N2O3. The van der Waals surface area contributed by atoms with Crippen molar-refractivity contribution < 1.29 is 14.3 Å². The molecule has 4 rings (SSSR count). The molecule has 1 N–H and O–H groups in total. The molecule has 3 aromatic carbocycles. The summed E-state index contributed by atoms with van der Waals surface area (Å²) in [7, 11) is 1.60. The minimum Gasteiger partial charge on any atom is -0.497 e. The van der Waals surface area contributed by atoms with E-state index in [0.29, 0.717) is 17.8 Å². The van der Waals surface area contributed by atoms with Crippen LogP contribution in [0.3, 0.4) is 0 Å². The molecule has 1 heterocycles. The van der Waals surface area contributed by atoms with Crippen molar-refractivity contribution in [3.05, 3.63) is 95.1 Å². The Morgan fingerprint density at radius 2 is 1.73 bits per heavy atom. The quantitative estimate of drug-likeness (QED) is 0.651. The Morgan fingerprint density at radius 1 is 1.03 bits per heavy atom. The standard InChI is InChI=1S/C25H24N2O3/c1-17-7-9-18(10-8-17)23(27-16-19-5-3-4-6-22(19)25(27)29)15-24(28)26-20-11-13-21(30-2)14-12-20/h3-14,23H,15-16H2,1-2H3,(H,26,28)/t23-/m1/s1. The van der Waals surface area contributed by atoms with Gasteiger partial charge in [0.05, 0.1) is 19.6 Å².